The van der Waals surface area contributed by atoms with Gasteiger partial charge in [0.1, 0.15) is 0 Å². The Labute approximate surface area is 169 Å². The molecule has 4 rings (SSSR count). The summed E-state index contributed by atoms with van der Waals surface area (Å²) in [6.45, 7) is 5.94. The predicted octanol–water partition coefficient (Wildman–Crippen LogP) is 4.40. The minimum absolute atomic E-state index is 0.0409. The second-order valence-electron chi connectivity index (χ2n) is 7.64. The lowest BCUT2D eigenvalue weighted by Crippen LogP contribution is -2.15. The average Bonchev–Trinajstić information content (AvgIpc) is 3.47. The van der Waals surface area contributed by atoms with E-state index in [2.05, 4.69) is 27.9 Å². The smallest absolute Gasteiger partial charge is 0.259 e. The quantitative estimate of drug-likeness (QED) is 0.680. The lowest BCUT2D eigenvalue weighted by Gasteiger charge is -2.11. The van der Waals surface area contributed by atoms with E-state index in [4.69, 9.17) is 0 Å². The van der Waals surface area contributed by atoms with Gasteiger partial charge in [0.05, 0.1) is 23.1 Å². The molecule has 148 valence electrons. The van der Waals surface area contributed by atoms with Crippen molar-refractivity contribution in [3.8, 4) is 5.69 Å². The molecule has 0 unspecified atom stereocenters. The number of benzene rings is 2. The van der Waals surface area contributed by atoms with Gasteiger partial charge in [0.25, 0.3) is 5.91 Å². The first-order chi connectivity index (χ1) is 13.9. The van der Waals surface area contributed by atoms with E-state index in [-0.39, 0.29) is 17.7 Å². The minimum atomic E-state index is -0.232. The standard InChI is InChI=1S/C23H24N4O2/c1-14-7-8-15(2)21(11-14)27-16(3)20(13-24-27)23(29)26-19-6-4-5-18(12-19)25-22(28)17-9-10-17/h4-8,11-13,17H,9-10H2,1-3H3,(H,25,28)(H,26,29). The number of hydrogen-bond donors (Lipinski definition) is 2. The highest BCUT2D eigenvalue weighted by atomic mass is 16.2. The summed E-state index contributed by atoms with van der Waals surface area (Å²) in [5, 5.41) is 10.2. The van der Waals surface area contributed by atoms with Gasteiger partial charge in [-0.1, -0.05) is 18.2 Å². The van der Waals surface area contributed by atoms with Crippen LogP contribution >= 0.6 is 0 Å². The van der Waals surface area contributed by atoms with Crippen molar-refractivity contribution in [1.82, 2.24) is 9.78 Å². The Kier molecular flexibility index (Phi) is 4.92. The van der Waals surface area contributed by atoms with E-state index in [1.54, 1.807) is 23.0 Å². The van der Waals surface area contributed by atoms with Crippen LogP contribution in [0, 0.1) is 26.7 Å². The molecule has 1 aliphatic rings. The number of nitrogens with zero attached hydrogens (tertiary/aromatic N) is 2. The summed E-state index contributed by atoms with van der Waals surface area (Å²) in [6.07, 6.45) is 3.49. The molecule has 1 aromatic heterocycles. The molecule has 1 saturated carbocycles. The lowest BCUT2D eigenvalue weighted by atomic mass is 10.1. The fraction of sp³-hybridized carbons (Fsp3) is 0.261. The Morgan fingerprint density at radius 3 is 2.45 bits per heavy atom. The van der Waals surface area contributed by atoms with Crippen LogP contribution in [0.2, 0.25) is 0 Å². The first-order valence-corrected chi connectivity index (χ1v) is 9.77. The third kappa shape index (κ3) is 4.06. The SMILES string of the molecule is Cc1ccc(C)c(-n2ncc(C(=O)Nc3cccc(NC(=O)C4CC4)c3)c2C)c1. The van der Waals surface area contributed by atoms with Crippen molar-refractivity contribution in [3.05, 3.63) is 71.0 Å². The summed E-state index contributed by atoms with van der Waals surface area (Å²) >= 11 is 0. The Balaban J connectivity index is 1.53. The molecule has 1 heterocycles. The molecule has 1 fully saturated rings. The third-order valence-electron chi connectivity index (χ3n) is 5.18. The van der Waals surface area contributed by atoms with Gasteiger partial charge >= 0.3 is 0 Å². The summed E-state index contributed by atoms with van der Waals surface area (Å²) in [5.74, 6) is -0.0596. The average molecular weight is 388 g/mol. The van der Waals surface area contributed by atoms with Crippen molar-refractivity contribution < 1.29 is 9.59 Å². The number of anilines is 2. The number of nitrogens with one attached hydrogen (secondary N) is 2. The minimum Gasteiger partial charge on any atom is -0.326 e. The number of hydrogen-bond acceptors (Lipinski definition) is 3. The highest BCUT2D eigenvalue weighted by Crippen LogP contribution is 2.30. The Bertz CT molecular complexity index is 1100. The fourth-order valence-corrected chi connectivity index (χ4v) is 3.29. The van der Waals surface area contributed by atoms with Gasteiger partial charge in [-0.05, 0) is 69.0 Å². The summed E-state index contributed by atoms with van der Waals surface area (Å²) in [5.41, 5.74) is 5.79. The van der Waals surface area contributed by atoms with Crippen LogP contribution in [0.3, 0.4) is 0 Å². The zero-order valence-corrected chi connectivity index (χ0v) is 16.8. The van der Waals surface area contributed by atoms with Gasteiger partial charge in [-0.3, -0.25) is 9.59 Å². The molecule has 6 heteroatoms. The van der Waals surface area contributed by atoms with Gasteiger partial charge < -0.3 is 10.6 Å². The molecular formula is C23H24N4O2. The van der Waals surface area contributed by atoms with Crippen molar-refractivity contribution in [2.24, 2.45) is 5.92 Å². The van der Waals surface area contributed by atoms with E-state index >= 15 is 0 Å². The molecule has 2 amide bonds. The molecule has 0 radical (unpaired) electrons. The number of rotatable bonds is 5. The second-order valence-corrected chi connectivity index (χ2v) is 7.64. The van der Waals surface area contributed by atoms with Crippen molar-refractivity contribution in [2.45, 2.75) is 33.6 Å². The summed E-state index contributed by atoms with van der Waals surface area (Å²) in [4.78, 5) is 24.8. The number of carbonyl (C=O) groups excluding carboxylic acids is 2. The predicted molar refractivity (Wildman–Crippen MR) is 114 cm³/mol. The first kappa shape index (κ1) is 18.9. The zero-order valence-electron chi connectivity index (χ0n) is 16.8. The molecule has 1 aliphatic carbocycles. The Morgan fingerprint density at radius 1 is 1.00 bits per heavy atom. The second kappa shape index (κ2) is 7.54. The number of aryl methyl sites for hydroxylation is 2. The van der Waals surface area contributed by atoms with Crippen molar-refractivity contribution in [1.29, 1.82) is 0 Å². The van der Waals surface area contributed by atoms with Crippen LogP contribution in [-0.4, -0.2) is 21.6 Å². The molecule has 0 saturated heterocycles. The lowest BCUT2D eigenvalue weighted by molar-refractivity contribution is -0.117. The van der Waals surface area contributed by atoms with Crippen LogP contribution in [-0.2, 0) is 4.79 Å². The summed E-state index contributed by atoms with van der Waals surface area (Å²) in [7, 11) is 0. The molecular weight excluding hydrogens is 364 g/mol. The maximum Gasteiger partial charge on any atom is 0.259 e. The zero-order chi connectivity index (χ0) is 20.5. The van der Waals surface area contributed by atoms with E-state index in [1.165, 1.54) is 0 Å². The monoisotopic (exact) mass is 388 g/mol. The van der Waals surface area contributed by atoms with Gasteiger partial charge in [0.2, 0.25) is 5.91 Å². The van der Waals surface area contributed by atoms with Crippen LogP contribution in [0.25, 0.3) is 5.69 Å². The molecule has 0 bridgehead atoms. The van der Waals surface area contributed by atoms with Crippen molar-refractivity contribution in [2.75, 3.05) is 10.6 Å². The van der Waals surface area contributed by atoms with E-state index in [9.17, 15) is 9.59 Å². The summed E-state index contributed by atoms with van der Waals surface area (Å²) < 4.78 is 1.80. The van der Waals surface area contributed by atoms with E-state index in [0.717, 1.165) is 35.3 Å². The third-order valence-corrected chi connectivity index (χ3v) is 5.18. The van der Waals surface area contributed by atoms with Crippen LogP contribution in [0.1, 0.15) is 40.0 Å². The maximum absolute atomic E-state index is 12.8. The van der Waals surface area contributed by atoms with E-state index in [0.29, 0.717) is 16.9 Å². The van der Waals surface area contributed by atoms with Gasteiger partial charge in [0.15, 0.2) is 0 Å². The fourth-order valence-electron chi connectivity index (χ4n) is 3.29. The van der Waals surface area contributed by atoms with Crippen LogP contribution < -0.4 is 10.6 Å². The van der Waals surface area contributed by atoms with Gasteiger partial charge in [-0.2, -0.15) is 5.10 Å². The molecule has 2 N–H and O–H groups in total. The normalized spacial score (nSPS) is 13.2. The highest BCUT2D eigenvalue weighted by Gasteiger charge is 2.29. The van der Waals surface area contributed by atoms with Crippen molar-refractivity contribution >= 4 is 23.2 Å². The van der Waals surface area contributed by atoms with Crippen LogP contribution in [0.5, 0.6) is 0 Å². The molecule has 6 nitrogen and oxygen atoms in total. The Hall–Kier alpha value is -3.41. The number of carbonyl (C=O) groups is 2. The largest absolute Gasteiger partial charge is 0.326 e. The summed E-state index contributed by atoms with van der Waals surface area (Å²) in [6, 6.07) is 13.4. The van der Waals surface area contributed by atoms with E-state index < -0.39 is 0 Å². The molecule has 29 heavy (non-hydrogen) atoms. The van der Waals surface area contributed by atoms with Gasteiger partial charge in [-0.15, -0.1) is 0 Å². The van der Waals surface area contributed by atoms with Gasteiger partial charge in [-0.25, -0.2) is 4.68 Å². The van der Waals surface area contributed by atoms with Crippen LogP contribution in [0.15, 0.2) is 48.7 Å². The Morgan fingerprint density at radius 2 is 1.72 bits per heavy atom. The van der Waals surface area contributed by atoms with E-state index in [1.807, 2.05) is 39.0 Å². The molecule has 0 spiro atoms. The molecule has 0 aliphatic heterocycles. The molecule has 0 atom stereocenters. The van der Waals surface area contributed by atoms with Crippen molar-refractivity contribution in [3.63, 3.8) is 0 Å². The number of amides is 2. The number of aromatic nitrogens is 2. The highest BCUT2D eigenvalue weighted by molar-refractivity contribution is 6.05. The van der Waals surface area contributed by atoms with Crippen LogP contribution in [0.4, 0.5) is 11.4 Å². The molecule has 2 aromatic carbocycles. The topological polar surface area (TPSA) is 76.0 Å². The first-order valence-electron chi connectivity index (χ1n) is 9.77. The maximum atomic E-state index is 12.8. The molecule has 3 aromatic rings. The van der Waals surface area contributed by atoms with Gasteiger partial charge in [0, 0.05) is 17.3 Å².